The molecular formula is C19H25O7PS. The molecule has 0 aliphatic carbocycles. The summed E-state index contributed by atoms with van der Waals surface area (Å²) in [7, 11) is -7.21. The third-order valence-electron chi connectivity index (χ3n) is 4.17. The minimum atomic E-state index is -4.70. The first kappa shape index (κ1) is 22.4. The van der Waals surface area contributed by atoms with Gasteiger partial charge in [-0.1, -0.05) is 13.8 Å². The van der Waals surface area contributed by atoms with Gasteiger partial charge in [0, 0.05) is 5.56 Å². The summed E-state index contributed by atoms with van der Waals surface area (Å²) in [6.45, 7) is 7.45. The number of aryl methyl sites for hydroxylation is 2. The second-order valence-electron chi connectivity index (χ2n) is 6.96. The Hall–Kier alpha value is -1.86. The van der Waals surface area contributed by atoms with Gasteiger partial charge in [0.1, 0.15) is 17.2 Å². The molecule has 0 radical (unpaired) electrons. The Kier molecular flexibility index (Phi) is 6.61. The first-order valence-corrected chi connectivity index (χ1v) is 12.0. The number of ether oxygens (including phenoxy) is 2. The Labute approximate surface area is 165 Å². The van der Waals surface area contributed by atoms with Gasteiger partial charge in [-0.25, -0.2) is 8.42 Å². The zero-order valence-electron chi connectivity index (χ0n) is 16.5. The molecule has 9 heteroatoms. The molecule has 0 aromatic heterocycles. The lowest BCUT2D eigenvalue weighted by atomic mass is 10.0. The maximum Gasteiger partial charge on any atom is 0.340 e. The Bertz CT molecular complexity index is 1000. The van der Waals surface area contributed by atoms with Gasteiger partial charge >= 0.3 is 7.60 Å². The highest BCUT2D eigenvalue weighted by Gasteiger charge is 2.27. The van der Waals surface area contributed by atoms with Crippen molar-refractivity contribution in [3.63, 3.8) is 0 Å². The van der Waals surface area contributed by atoms with Gasteiger partial charge < -0.3 is 19.3 Å². The van der Waals surface area contributed by atoms with E-state index >= 15 is 0 Å². The van der Waals surface area contributed by atoms with Gasteiger partial charge in [0.05, 0.1) is 12.0 Å². The maximum absolute atomic E-state index is 12.3. The fraction of sp³-hybridized carbons (Fsp3) is 0.368. The van der Waals surface area contributed by atoms with Gasteiger partial charge in [0.15, 0.2) is 15.3 Å². The van der Waals surface area contributed by atoms with Crippen LogP contribution in [0.3, 0.4) is 0 Å². The van der Waals surface area contributed by atoms with Crippen molar-refractivity contribution in [2.75, 3.05) is 12.6 Å². The molecule has 0 amide bonds. The van der Waals surface area contributed by atoms with Crippen LogP contribution in [0.2, 0.25) is 0 Å². The fourth-order valence-electron chi connectivity index (χ4n) is 2.89. The third-order valence-corrected chi connectivity index (χ3v) is 7.83. The van der Waals surface area contributed by atoms with E-state index in [1.807, 2.05) is 26.0 Å². The van der Waals surface area contributed by atoms with Gasteiger partial charge in [-0.3, -0.25) is 4.57 Å². The molecule has 0 saturated carbocycles. The largest absolute Gasteiger partial charge is 0.496 e. The number of benzene rings is 2. The van der Waals surface area contributed by atoms with Crippen molar-refractivity contribution in [2.45, 2.75) is 38.5 Å². The lowest BCUT2D eigenvalue weighted by molar-refractivity contribution is 0.378. The van der Waals surface area contributed by atoms with Crippen LogP contribution in [-0.2, 0) is 14.4 Å². The molecule has 0 aliphatic heterocycles. The molecule has 0 unspecified atom stereocenters. The molecule has 0 heterocycles. The molecule has 0 bridgehead atoms. The van der Waals surface area contributed by atoms with Crippen LogP contribution in [0.25, 0.3) is 0 Å². The summed E-state index contributed by atoms with van der Waals surface area (Å²) in [6.07, 6.45) is 0. The smallest absolute Gasteiger partial charge is 0.340 e. The lowest BCUT2D eigenvalue weighted by Crippen LogP contribution is -2.08. The Balaban J connectivity index is 2.42. The quantitative estimate of drug-likeness (QED) is 0.638. The summed E-state index contributed by atoms with van der Waals surface area (Å²) < 4.78 is 47.0. The van der Waals surface area contributed by atoms with Crippen molar-refractivity contribution in [1.29, 1.82) is 0 Å². The van der Waals surface area contributed by atoms with Gasteiger partial charge in [0.25, 0.3) is 0 Å². The van der Waals surface area contributed by atoms with Crippen molar-refractivity contribution >= 4 is 17.4 Å². The standard InChI is InChI=1S/C19H25O7PS/c1-12(2)17-10-15(6-7-18(17)25-5)26-19-13(3)8-16(9-14(19)4)28(23,24)11-27(20,21)22/h6-10,12H,11H2,1-5H3,(H2,20,21,22). The molecule has 2 aromatic rings. The SMILES string of the molecule is COc1ccc(Oc2c(C)cc(S(=O)(=O)CP(=O)(O)O)cc2C)cc1C(C)C. The predicted molar refractivity (Wildman–Crippen MR) is 107 cm³/mol. The van der Waals surface area contributed by atoms with E-state index in [4.69, 9.17) is 19.3 Å². The molecule has 7 nitrogen and oxygen atoms in total. The first-order valence-electron chi connectivity index (χ1n) is 8.58. The van der Waals surface area contributed by atoms with Gasteiger partial charge in [0.2, 0.25) is 0 Å². The van der Waals surface area contributed by atoms with Crippen molar-refractivity contribution < 1.29 is 32.2 Å². The topological polar surface area (TPSA) is 110 Å². The molecule has 2 aromatic carbocycles. The van der Waals surface area contributed by atoms with E-state index in [0.717, 1.165) is 11.3 Å². The van der Waals surface area contributed by atoms with Gasteiger partial charge in [-0.15, -0.1) is 0 Å². The van der Waals surface area contributed by atoms with Crippen molar-refractivity contribution in [3.8, 4) is 17.2 Å². The van der Waals surface area contributed by atoms with Crippen molar-refractivity contribution in [3.05, 3.63) is 47.0 Å². The molecule has 2 rings (SSSR count). The monoisotopic (exact) mass is 428 g/mol. The van der Waals surface area contributed by atoms with Crippen LogP contribution < -0.4 is 9.47 Å². The zero-order chi connectivity index (χ0) is 21.3. The number of hydrogen-bond donors (Lipinski definition) is 2. The summed E-state index contributed by atoms with van der Waals surface area (Å²) in [6, 6.07) is 8.18. The summed E-state index contributed by atoms with van der Waals surface area (Å²) in [5.74, 6) is 2.06. The highest BCUT2D eigenvalue weighted by molar-refractivity contribution is 7.97. The second kappa shape index (κ2) is 8.25. The van der Waals surface area contributed by atoms with E-state index in [1.165, 1.54) is 12.1 Å². The van der Waals surface area contributed by atoms with Crippen LogP contribution in [-0.4, -0.2) is 30.8 Å². The summed E-state index contributed by atoms with van der Waals surface area (Å²) in [5.41, 5.74) is 0.850. The summed E-state index contributed by atoms with van der Waals surface area (Å²) in [4.78, 5) is 17.9. The van der Waals surface area contributed by atoms with E-state index < -0.39 is 22.9 Å². The van der Waals surface area contributed by atoms with E-state index in [9.17, 15) is 13.0 Å². The van der Waals surface area contributed by atoms with Crippen LogP contribution in [0, 0.1) is 13.8 Å². The molecule has 0 atom stereocenters. The number of sulfone groups is 1. The average Bonchev–Trinajstić information content (AvgIpc) is 2.55. The average molecular weight is 428 g/mol. The highest BCUT2D eigenvalue weighted by Crippen LogP contribution is 2.40. The van der Waals surface area contributed by atoms with Crippen molar-refractivity contribution in [1.82, 2.24) is 0 Å². The van der Waals surface area contributed by atoms with E-state index in [1.54, 1.807) is 27.0 Å². The predicted octanol–water partition coefficient (Wildman–Crippen LogP) is 4.14. The Morgan fingerprint density at radius 3 is 2.11 bits per heavy atom. The minimum absolute atomic E-state index is 0.143. The normalized spacial score (nSPS) is 12.3. The highest BCUT2D eigenvalue weighted by atomic mass is 32.2. The molecule has 2 N–H and O–H groups in total. The Morgan fingerprint density at radius 2 is 1.64 bits per heavy atom. The molecule has 154 valence electrons. The van der Waals surface area contributed by atoms with Crippen molar-refractivity contribution in [2.24, 2.45) is 0 Å². The molecule has 0 fully saturated rings. The van der Waals surface area contributed by atoms with E-state index in [2.05, 4.69) is 0 Å². The third kappa shape index (κ3) is 5.35. The van der Waals surface area contributed by atoms with Crippen LogP contribution in [0.5, 0.6) is 17.2 Å². The van der Waals surface area contributed by atoms with E-state index in [-0.39, 0.29) is 10.8 Å². The molecule has 0 spiro atoms. The maximum atomic E-state index is 12.3. The first-order chi connectivity index (χ1) is 12.8. The van der Waals surface area contributed by atoms with E-state index in [0.29, 0.717) is 22.6 Å². The van der Waals surface area contributed by atoms with Crippen LogP contribution >= 0.6 is 7.60 Å². The minimum Gasteiger partial charge on any atom is -0.496 e. The van der Waals surface area contributed by atoms with Crippen LogP contribution in [0.4, 0.5) is 0 Å². The fourth-order valence-corrected chi connectivity index (χ4v) is 5.97. The summed E-state index contributed by atoms with van der Waals surface area (Å²) >= 11 is 0. The number of hydrogen-bond acceptors (Lipinski definition) is 5. The number of rotatable bonds is 7. The molecule has 28 heavy (non-hydrogen) atoms. The molecule has 0 saturated heterocycles. The number of methoxy groups -OCH3 is 1. The second-order valence-corrected chi connectivity index (χ2v) is 11.0. The summed E-state index contributed by atoms with van der Waals surface area (Å²) in [5, 5.41) is 0. The van der Waals surface area contributed by atoms with Crippen LogP contribution in [0.15, 0.2) is 35.2 Å². The van der Waals surface area contributed by atoms with Gasteiger partial charge in [-0.2, -0.15) is 0 Å². The molecular weight excluding hydrogens is 403 g/mol. The van der Waals surface area contributed by atoms with Crippen LogP contribution in [0.1, 0.15) is 36.5 Å². The van der Waals surface area contributed by atoms with Gasteiger partial charge in [-0.05, 0) is 61.2 Å². The Morgan fingerprint density at radius 1 is 1.07 bits per heavy atom. The lowest BCUT2D eigenvalue weighted by Gasteiger charge is -2.17. The molecule has 0 aliphatic rings. The zero-order valence-corrected chi connectivity index (χ0v) is 18.2.